The van der Waals surface area contributed by atoms with Crippen LogP contribution < -0.4 is 0 Å². The molecular formula is C15H14BrClO. The van der Waals surface area contributed by atoms with E-state index >= 15 is 0 Å². The number of halogens is 2. The molecule has 1 atom stereocenters. The monoisotopic (exact) mass is 324 g/mol. The molecule has 0 spiro atoms. The van der Waals surface area contributed by atoms with E-state index in [0.29, 0.717) is 5.02 Å². The SMILES string of the molecule is Cc1ccc(C(O)c2cc(Cl)cc(Br)c2)c(C)c1. The molecule has 3 heteroatoms. The second kappa shape index (κ2) is 5.43. The van der Waals surface area contributed by atoms with Crippen LogP contribution in [0.25, 0.3) is 0 Å². The van der Waals surface area contributed by atoms with E-state index in [9.17, 15) is 5.11 Å². The molecule has 0 amide bonds. The minimum absolute atomic E-state index is 0.614. The zero-order chi connectivity index (χ0) is 13.3. The van der Waals surface area contributed by atoms with Crippen LogP contribution in [-0.2, 0) is 0 Å². The van der Waals surface area contributed by atoms with Crippen LogP contribution in [0.4, 0.5) is 0 Å². The third kappa shape index (κ3) is 2.94. The van der Waals surface area contributed by atoms with Crippen LogP contribution in [0.3, 0.4) is 0 Å². The van der Waals surface area contributed by atoms with E-state index in [1.807, 2.05) is 32.0 Å². The van der Waals surface area contributed by atoms with Crippen LogP contribution in [0, 0.1) is 13.8 Å². The average molecular weight is 326 g/mol. The molecule has 0 saturated heterocycles. The fourth-order valence-corrected chi connectivity index (χ4v) is 2.93. The topological polar surface area (TPSA) is 20.2 Å². The molecule has 1 unspecified atom stereocenters. The molecule has 1 N–H and O–H groups in total. The first-order chi connectivity index (χ1) is 8.47. The van der Waals surface area contributed by atoms with Gasteiger partial charge in [-0.2, -0.15) is 0 Å². The molecule has 0 radical (unpaired) electrons. The van der Waals surface area contributed by atoms with Crippen molar-refractivity contribution in [3.63, 3.8) is 0 Å². The fraction of sp³-hybridized carbons (Fsp3) is 0.200. The van der Waals surface area contributed by atoms with Gasteiger partial charge in [-0.05, 0) is 48.7 Å². The number of rotatable bonds is 2. The Morgan fingerprint density at radius 2 is 1.83 bits per heavy atom. The van der Waals surface area contributed by atoms with Crippen molar-refractivity contribution >= 4 is 27.5 Å². The van der Waals surface area contributed by atoms with Crippen LogP contribution in [0.2, 0.25) is 5.02 Å². The van der Waals surface area contributed by atoms with Gasteiger partial charge in [0.25, 0.3) is 0 Å². The van der Waals surface area contributed by atoms with Crippen molar-refractivity contribution in [3.05, 3.63) is 68.1 Å². The molecule has 0 heterocycles. The van der Waals surface area contributed by atoms with Crippen molar-refractivity contribution in [1.82, 2.24) is 0 Å². The third-order valence-electron chi connectivity index (χ3n) is 2.92. The van der Waals surface area contributed by atoms with Gasteiger partial charge < -0.3 is 5.11 Å². The molecule has 0 aliphatic heterocycles. The highest BCUT2D eigenvalue weighted by atomic mass is 79.9. The molecule has 0 bridgehead atoms. The van der Waals surface area contributed by atoms with Gasteiger partial charge in [-0.3, -0.25) is 0 Å². The molecule has 2 aromatic rings. The number of hydrogen-bond donors (Lipinski definition) is 1. The molecule has 18 heavy (non-hydrogen) atoms. The van der Waals surface area contributed by atoms with Crippen LogP contribution in [0.15, 0.2) is 40.9 Å². The van der Waals surface area contributed by atoms with Crippen molar-refractivity contribution in [1.29, 1.82) is 0 Å². The van der Waals surface area contributed by atoms with Gasteiger partial charge in [0.1, 0.15) is 6.10 Å². The third-order valence-corrected chi connectivity index (χ3v) is 3.60. The maximum atomic E-state index is 10.4. The van der Waals surface area contributed by atoms with Crippen molar-refractivity contribution in [2.45, 2.75) is 20.0 Å². The van der Waals surface area contributed by atoms with Crippen LogP contribution >= 0.6 is 27.5 Å². The summed E-state index contributed by atoms with van der Waals surface area (Å²) in [6, 6.07) is 11.5. The first-order valence-electron chi connectivity index (χ1n) is 5.68. The van der Waals surface area contributed by atoms with E-state index < -0.39 is 6.10 Å². The van der Waals surface area contributed by atoms with Crippen molar-refractivity contribution in [2.24, 2.45) is 0 Å². The molecule has 1 nitrogen and oxygen atoms in total. The molecule has 0 saturated carbocycles. The minimum Gasteiger partial charge on any atom is -0.384 e. The van der Waals surface area contributed by atoms with Gasteiger partial charge in [0.15, 0.2) is 0 Å². The molecule has 2 aromatic carbocycles. The highest BCUT2D eigenvalue weighted by molar-refractivity contribution is 9.10. The lowest BCUT2D eigenvalue weighted by atomic mass is 9.96. The Hall–Kier alpha value is -0.830. The average Bonchev–Trinajstić information content (AvgIpc) is 2.26. The molecular weight excluding hydrogens is 312 g/mol. The maximum absolute atomic E-state index is 10.4. The van der Waals surface area contributed by atoms with E-state index in [1.54, 1.807) is 12.1 Å². The molecule has 0 aromatic heterocycles. The predicted octanol–water partition coefficient (Wildman–Crippen LogP) is 4.80. The molecule has 0 aliphatic carbocycles. The van der Waals surface area contributed by atoms with Gasteiger partial charge in [-0.25, -0.2) is 0 Å². The summed E-state index contributed by atoms with van der Waals surface area (Å²) >= 11 is 9.39. The highest BCUT2D eigenvalue weighted by Crippen LogP contribution is 2.29. The smallest absolute Gasteiger partial charge is 0.104 e. The van der Waals surface area contributed by atoms with Crippen LogP contribution in [-0.4, -0.2) is 5.11 Å². The summed E-state index contributed by atoms with van der Waals surface area (Å²) in [6.07, 6.45) is -0.652. The summed E-state index contributed by atoms with van der Waals surface area (Å²) in [5, 5.41) is 11.0. The second-order valence-corrected chi connectivity index (χ2v) is 5.82. The second-order valence-electron chi connectivity index (χ2n) is 4.47. The number of aliphatic hydroxyl groups excluding tert-OH is 1. The van der Waals surface area contributed by atoms with Gasteiger partial charge >= 0.3 is 0 Å². The normalized spacial score (nSPS) is 12.5. The standard InChI is InChI=1S/C15H14BrClO/c1-9-3-4-14(10(2)5-9)15(18)11-6-12(16)8-13(17)7-11/h3-8,15,18H,1-2H3. The Morgan fingerprint density at radius 1 is 1.11 bits per heavy atom. The van der Waals surface area contributed by atoms with E-state index in [2.05, 4.69) is 22.0 Å². The van der Waals surface area contributed by atoms with Crippen molar-refractivity contribution in [2.75, 3.05) is 0 Å². The molecule has 0 fully saturated rings. The molecule has 0 aliphatic rings. The Morgan fingerprint density at radius 3 is 2.44 bits per heavy atom. The zero-order valence-corrected chi connectivity index (χ0v) is 12.6. The first kappa shape index (κ1) is 13.6. The lowest BCUT2D eigenvalue weighted by Crippen LogP contribution is -2.02. The number of aliphatic hydroxyl groups is 1. The summed E-state index contributed by atoms with van der Waals surface area (Å²) in [5.74, 6) is 0. The van der Waals surface area contributed by atoms with Crippen LogP contribution in [0.5, 0.6) is 0 Å². The summed E-state index contributed by atoms with van der Waals surface area (Å²) < 4.78 is 0.869. The summed E-state index contributed by atoms with van der Waals surface area (Å²) in [7, 11) is 0. The van der Waals surface area contributed by atoms with Crippen LogP contribution in [0.1, 0.15) is 28.4 Å². The number of benzene rings is 2. The Bertz CT molecular complexity index is 560. The predicted molar refractivity (Wildman–Crippen MR) is 79.1 cm³/mol. The van der Waals surface area contributed by atoms with Gasteiger partial charge in [0, 0.05) is 9.50 Å². The minimum atomic E-state index is -0.652. The summed E-state index contributed by atoms with van der Waals surface area (Å²) in [5.41, 5.74) is 3.98. The Kier molecular flexibility index (Phi) is 4.10. The lowest BCUT2D eigenvalue weighted by Gasteiger charge is -2.15. The largest absolute Gasteiger partial charge is 0.384 e. The zero-order valence-electron chi connectivity index (χ0n) is 10.2. The number of aryl methyl sites for hydroxylation is 2. The fourth-order valence-electron chi connectivity index (χ4n) is 2.05. The van der Waals surface area contributed by atoms with Gasteiger partial charge in [-0.1, -0.05) is 51.3 Å². The highest BCUT2D eigenvalue weighted by Gasteiger charge is 2.14. The van der Waals surface area contributed by atoms with E-state index in [4.69, 9.17) is 11.6 Å². The van der Waals surface area contributed by atoms with Crippen molar-refractivity contribution in [3.8, 4) is 0 Å². The number of hydrogen-bond acceptors (Lipinski definition) is 1. The maximum Gasteiger partial charge on any atom is 0.104 e. The van der Waals surface area contributed by atoms with E-state index in [0.717, 1.165) is 21.2 Å². The van der Waals surface area contributed by atoms with E-state index in [1.165, 1.54) is 5.56 Å². The summed E-state index contributed by atoms with van der Waals surface area (Å²) in [6.45, 7) is 4.05. The summed E-state index contributed by atoms with van der Waals surface area (Å²) in [4.78, 5) is 0. The van der Waals surface area contributed by atoms with Crippen molar-refractivity contribution < 1.29 is 5.11 Å². The van der Waals surface area contributed by atoms with Gasteiger partial charge in [0.2, 0.25) is 0 Å². The molecule has 2 rings (SSSR count). The quantitative estimate of drug-likeness (QED) is 0.841. The Labute approximate surface area is 121 Å². The first-order valence-corrected chi connectivity index (χ1v) is 6.85. The van der Waals surface area contributed by atoms with Gasteiger partial charge in [-0.15, -0.1) is 0 Å². The Balaban J connectivity index is 2.44. The lowest BCUT2D eigenvalue weighted by molar-refractivity contribution is 0.219. The van der Waals surface area contributed by atoms with E-state index in [-0.39, 0.29) is 0 Å². The van der Waals surface area contributed by atoms with Gasteiger partial charge in [0.05, 0.1) is 0 Å². The molecule has 94 valence electrons.